The van der Waals surface area contributed by atoms with Crippen molar-refractivity contribution in [1.29, 1.82) is 0 Å². The van der Waals surface area contributed by atoms with Crippen LogP contribution in [-0.4, -0.2) is 8.42 Å². The average molecular weight is 364 g/mol. The Labute approximate surface area is 137 Å². The third kappa shape index (κ3) is 4.46. The number of alkyl halides is 3. The van der Waals surface area contributed by atoms with Gasteiger partial charge in [0.15, 0.2) is 0 Å². The molecule has 0 saturated carbocycles. The number of nitrogens with one attached hydrogen (secondary N) is 1. The second kappa shape index (κ2) is 6.51. The zero-order chi connectivity index (χ0) is 17.3. The Kier molecular flexibility index (Phi) is 5.03. The number of hydrogen-bond acceptors (Lipinski definition) is 2. The first-order valence-corrected chi connectivity index (χ1v) is 8.38. The normalized spacial score (nSPS) is 12.4. The second-order valence-corrected chi connectivity index (χ2v) is 7.11. The molecule has 2 rings (SSSR count). The summed E-state index contributed by atoms with van der Waals surface area (Å²) in [5.74, 6) is 0. The lowest BCUT2D eigenvalue weighted by Crippen LogP contribution is -2.23. The lowest BCUT2D eigenvalue weighted by molar-refractivity contribution is -0.137. The van der Waals surface area contributed by atoms with Crippen LogP contribution < -0.4 is 4.72 Å². The highest BCUT2D eigenvalue weighted by Gasteiger charge is 2.31. The molecule has 0 aliphatic heterocycles. The van der Waals surface area contributed by atoms with Crippen molar-refractivity contribution in [2.75, 3.05) is 0 Å². The zero-order valence-corrected chi connectivity index (χ0v) is 13.6. The van der Waals surface area contributed by atoms with Crippen LogP contribution in [0.4, 0.5) is 13.2 Å². The van der Waals surface area contributed by atoms with E-state index in [0.717, 1.165) is 23.8 Å². The molecule has 0 amide bonds. The summed E-state index contributed by atoms with van der Waals surface area (Å²) in [6.07, 6.45) is -4.60. The first kappa shape index (κ1) is 17.8. The minimum atomic E-state index is -4.60. The van der Waals surface area contributed by atoms with Crippen molar-refractivity contribution in [3.63, 3.8) is 0 Å². The van der Waals surface area contributed by atoms with E-state index < -0.39 is 26.7 Å². The molecule has 3 nitrogen and oxygen atoms in total. The molecule has 0 fully saturated rings. The molecule has 0 unspecified atom stereocenters. The van der Waals surface area contributed by atoms with Gasteiger partial charge in [0.2, 0.25) is 10.0 Å². The fraction of sp³-hybridized carbons (Fsp3) is 0.200. The number of sulfonamides is 1. The van der Waals surface area contributed by atoms with Crippen LogP contribution in [-0.2, 0) is 22.7 Å². The summed E-state index contributed by atoms with van der Waals surface area (Å²) in [5.41, 5.74) is 0.436. The number of benzene rings is 2. The van der Waals surface area contributed by atoms with Crippen LogP contribution in [0.25, 0.3) is 0 Å². The van der Waals surface area contributed by atoms with Gasteiger partial charge < -0.3 is 0 Å². The van der Waals surface area contributed by atoms with Gasteiger partial charge in [-0.1, -0.05) is 29.8 Å². The molecule has 124 valence electrons. The van der Waals surface area contributed by atoms with Gasteiger partial charge in [-0.25, -0.2) is 13.1 Å². The van der Waals surface area contributed by atoms with Crippen molar-refractivity contribution in [3.05, 3.63) is 64.2 Å². The Balaban J connectivity index is 2.20. The van der Waals surface area contributed by atoms with Gasteiger partial charge >= 0.3 is 6.18 Å². The molecule has 0 spiro atoms. The van der Waals surface area contributed by atoms with Gasteiger partial charge in [-0.3, -0.25) is 0 Å². The Bertz CT molecular complexity index is 820. The Morgan fingerprint density at radius 1 is 1.13 bits per heavy atom. The van der Waals surface area contributed by atoms with Gasteiger partial charge in [0.05, 0.1) is 10.5 Å². The molecular weight excluding hydrogens is 351 g/mol. The largest absolute Gasteiger partial charge is 0.416 e. The predicted molar refractivity (Wildman–Crippen MR) is 81.7 cm³/mol. The maximum absolute atomic E-state index is 12.7. The van der Waals surface area contributed by atoms with E-state index in [1.165, 1.54) is 0 Å². The topological polar surface area (TPSA) is 46.2 Å². The lowest BCUT2D eigenvalue weighted by Gasteiger charge is -2.11. The highest BCUT2D eigenvalue weighted by Crippen LogP contribution is 2.30. The standard InChI is InChI=1S/C15H13ClF3NO2S/c1-10-5-6-11(7-14(10)16)9-20-23(21,22)13-4-2-3-12(8-13)15(17,18)19/h2-8,20H,9H2,1H3. The van der Waals surface area contributed by atoms with Crippen molar-refractivity contribution in [2.45, 2.75) is 24.5 Å². The molecule has 0 aliphatic rings. The summed E-state index contributed by atoms with van der Waals surface area (Å²) >= 11 is 5.95. The van der Waals surface area contributed by atoms with Crippen molar-refractivity contribution in [1.82, 2.24) is 4.72 Å². The fourth-order valence-electron chi connectivity index (χ4n) is 1.85. The van der Waals surface area contributed by atoms with Crippen LogP contribution in [0.3, 0.4) is 0 Å². The second-order valence-electron chi connectivity index (χ2n) is 4.93. The molecule has 0 atom stereocenters. The summed E-state index contributed by atoms with van der Waals surface area (Å²) in [5, 5.41) is 0.487. The lowest BCUT2D eigenvalue weighted by atomic mass is 10.1. The Hall–Kier alpha value is -1.57. The van der Waals surface area contributed by atoms with Crippen LogP contribution in [0.5, 0.6) is 0 Å². The molecular formula is C15H13ClF3NO2S. The smallest absolute Gasteiger partial charge is 0.207 e. The molecule has 0 radical (unpaired) electrons. The number of aryl methyl sites for hydroxylation is 1. The number of rotatable bonds is 4. The van der Waals surface area contributed by atoms with Gasteiger partial charge in [-0.2, -0.15) is 13.2 Å². The quantitative estimate of drug-likeness (QED) is 0.887. The predicted octanol–water partition coefficient (Wildman–Crippen LogP) is 4.15. The van der Waals surface area contributed by atoms with Crippen LogP contribution in [0.2, 0.25) is 5.02 Å². The van der Waals surface area contributed by atoms with E-state index in [1.54, 1.807) is 25.1 Å². The molecule has 0 aliphatic carbocycles. The van der Waals surface area contributed by atoms with Gasteiger partial charge in [0.1, 0.15) is 0 Å². The molecule has 1 N–H and O–H groups in total. The first-order valence-electron chi connectivity index (χ1n) is 6.51. The molecule has 0 aromatic heterocycles. The fourth-order valence-corrected chi connectivity index (χ4v) is 3.11. The van der Waals surface area contributed by atoms with Gasteiger partial charge in [0, 0.05) is 11.6 Å². The van der Waals surface area contributed by atoms with Gasteiger partial charge in [-0.15, -0.1) is 0 Å². The van der Waals surface area contributed by atoms with Crippen LogP contribution >= 0.6 is 11.6 Å². The molecule has 0 bridgehead atoms. The van der Waals surface area contributed by atoms with E-state index >= 15 is 0 Å². The van der Waals surface area contributed by atoms with Crippen molar-refractivity contribution in [2.24, 2.45) is 0 Å². The van der Waals surface area contributed by atoms with Crippen LogP contribution in [0.15, 0.2) is 47.4 Å². The summed E-state index contributed by atoms with van der Waals surface area (Å²) in [7, 11) is -4.06. The van der Waals surface area contributed by atoms with Crippen molar-refractivity contribution in [3.8, 4) is 0 Å². The molecule has 0 heterocycles. The van der Waals surface area contributed by atoms with Gasteiger partial charge in [0.25, 0.3) is 0 Å². The van der Waals surface area contributed by atoms with Crippen LogP contribution in [0.1, 0.15) is 16.7 Å². The molecule has 0 saturated heterocycles. The van der Waals surface area contributed by atoms with Crippen molar-refractivity contribution < 1.29 is 21.6 Å². The molecule has 23 heavy (non-hydrogen) atoms. The summed E-state index contributed by atoms with van der Waals surface area (Å²) in [6, 6.07) is 8.61. The minimum absolute atomic E-state index is 0.0709. The van der Waals surface area contributed by atoms with Crippen LogP contribution in [0, 0.1) is 6.92 Å². The van der Waals surface area contributed by atoms with Crippen molar-refractivity contribution >= 4 is 21.6 Å². The molecule has 8 heteroatoms. The van der Waals surface area contributed by atoms with E-state index in [9.17, 15) is 21.6 Å². The molecule has 2 aromatic carbocycles. The Morgan fingerprint density at radius 2 is 1.83 bits per heavy atom. The maximum atomic E-state index is 12.7. The zero-order valence-electron chi connectivity index (χ0n) is 12.0. The van der Waals surface area contributed by atoms with E-state index in [-0.39, 0.29) is 6.54 Å². The van der Waals surface area contributed by atoms with Gasteiger partial charge in [-0.05, 0) is 42.3 Å². The van der Waals surface area contributed by atoms with E-state index in [1.807, 2.05) is 0 Å². The highest BCUT2D eigenvalue weighted by molar-refractivity contribution is 7.89. The summed E-state index contributed by atoms with van der Waals surface area (Å²) in [6.45, 7) is 1.73. The Morgan fingerprint density at radius 3 is 2.43 bits per heavy atom. The number of hydrogen-bond donors (Lipinski definition) is 1. The number of halogens is 4. The highest BCUT2D eigenvalue weighted by atomic mass is 35.5. The first-order chi connectivity index (χ1) is 10.6. The van der Waals surface area contributed by atoms with E-state index in [2.05, 4.69) is 4.72 Å². The van der Waals surface area contributed by atoms with E-state index in [0.29, 0.717) is 16.7 Å². The van der Waals surface area contributed by atoms with E-state index in [4.69, 9.17) is 11.6 Å². The maximum Gasteiger partial charge on any atom is 0.416 e. The summed E-state index contributed by atoms with van der Waals surface area (Å²) in [4.78, 5) is -0.439. The minimum Gasteiger partial charge on any atom is -0.207 e. The average Bonchev–Trinajstić information content (AvgIpc) is 2.48. The SMILES string of the molecule is Cc1ccc(CNS(=O)(=O)c2cccc(C(F)(F)F)c2)cc1Cl. The monoisotopic (exact) mass is 363 g/mol. The third-order valence-electron chi connectivity index (χ3n) is 3.17. The summed E-state index contributed by atoms with van der Waals surface area (Å²) < 4.78 is 64.5. The molecule has 2 aromatic rings. The third-order valence-corrected chi connectivity index (χ3v) is 4.98.